The first-order valence-electron chi connectivity index (χ1n) is 3.48. The maximum atomic E-state index is 8.77. The molecule has 2 heteroatoms. The fourth-order valence-electron chi connectivity index (χ4n) is 0.814. The number of rotatable bonds is 3. The smallest absolute Gasteiger partial charge is 0.0712 e. The molecule has 0 bridgehead atoms. The van der Waals surface area contributed by atoms with Gasteiger partial charge in [0.05, 0.1) is 6.61 Å². The van der Waals surface area contributed by atoms with Crippen LogP contribution < -0.4 is 0 Å². The van der Waals surface area contributed by atoms with E-state index in [-0.39, 0.29) is 6.61 Å². The van der Waals surface area contributed by atoms with E-state index in [1.54, 1.807) is 0 Å². The summed E-state index contributed by atoms with van der Waals surface area (Å²) in [5.74, 6) is 0. The molecule has 0 saturated heterocycles. The van der Waals surface area contributed by atoms with E-state index >= 15 is 0 Å². The molecule has 10 heavy (non-hydrogen) atoms. The summed E-state index contributed by atoms with van der Waals surface area (Å²) in [5, 5.41) is 8.77. The molecule has 0 radical (unpaired) electrons. The van der Waals surface area contributed by atoms with Gasteiger partial charge in [-0.25, -0.2) is 0 Å². The maximum absolute atomic E-state index is 8.77. The average molecular weight is 156 g/mol. The van der Waals surface area contributed by atoms with Crippen LogP contribution in [0.15, 0.2) is 17.9 Å². The van der Waals surface area contributed by atoms with Crippen LogP contribution >= 0.6 is 0 Å². The van der Waals surface area contributed by atoms with Crippen LogP contribution in [0.3, 0.4) is 0 Å². The van der Waals surface area contributed by atoms with Crippen LogP contribution in [0, 0.1) is 0 Å². The molecule has 0 rings (SSSR count). The van der Waals surface area contributed by atoms with Crippen LogP contribution in [0.1, 0.15) is 0 Å². The van der Waals surface area contributed by atoms with Crippen molar-refractivity contribution in [1.82, 2.24) is 0 Å². The Balaban J connectivity index is 4.01. The van der Waals surface area contributed by atoms with Crippen molar-refractivity contribution in [3.63, 3.8) is 0 Å². The molecule has 0 spiro atoms. The molecular weight excluding hydrogens is 140 g/mol. The molecule has 0 aliphatic heterocycles. The molecule has 0 aromatic heterocycles. The van der Waals surface area contributed by atoms with E-state index in [1.807, 2.05) is 0 Å². The van der Waals surface area contributed by atoms with Crippen molar-refractivity contribution in [2.45, 2.75) is 25.7 Å². The number of hydrogen-bond donors (Lipinski definition) is 1. The van der Waals surface area contributed by atoms with E-state index in [2.05, 4.69) is 32.0 Å². The van der Waals surface area contributed by atoms with Gasteiger partial charge in [-0.15, -0.1) is 5.73 Å². The van der Waals surface area contributed by atoms with Gasteiger partial charge >= 0.3 is 0 Å². The largest absolute Gasteiger partial charge is 0.391 e. The zero-order valence-corrected chi connectivity index (χ0v) is 8.07. The second-order valence-corrected chi connectivity index (χ2v) is 9.15. The minimum absolute atomic E-state index is 0.119. The monoisotopic (exact) mass is 156 g/mol. The minimum atomic E-state index is -1.06. The number of hydrogen-bond acceptors (Lipinski definition) is 1. The molecule has 58 valence electrons. The van der Waals surface area contributed by atoms with Crippen LogP contribution in [-0.2, 0) is 0 Å². The zero-order valence-electron chi connectivity index (χ0n) is 7.07. The predicted octanol–water partition coefficient (Wildman–Crippen LogP) is 2.03. The van der Waals surface area contributed by atoms with Gasteiger partial charge in [-0.05, 0) is 11.6 Å². The quantitative estimate of drug-likeness (QED) is 0.489. The van der Waals surface area contributed by atoms with Crippen molar-refractivity contribution >= 4 is 8.07 Å². The summed E-state index contributed by atoms with van der Waals surface area (Å²) in [7, 11) is -1.06. The van der Waals surface area contributed by atoms with Crippen LogP contribution in [-0.4, -0.2) is 19.8 Å². The van der Waals surface area contributed by atoms with Gasteiger partial charge in [0.15, 0.2) is 0 Å². The highest BCUT2D eigenvalue weighted by atomic mass is 28.3. The maximum Gasteiger partial charge on any atom is 0.0712 e. The number of aliphatic hydroxyl groups is 1. The van der Waals surface area contributed by atoms with Crippen molar-refractivity contribution < 1.29 is 5.11 Å². The topological polar surface area (TPSA) is 20.2 Å². The third kappa shape index (κ3) is 4.56. The average Bonchev–Trinajstić information content (AvgIpc) is 1.81. The van der Waals surface area contributed by atoms with E-state index in [4.69, 9.17) is 5.11 Å². The van der Waals surface area contributed by atoms with Gasteiger partial charge in [0.25, 0.3) is 0 Å². The van der Waals surface area contributed by atoms with Crippen molar-refractivity contribution in [2.24, 2.45) is 0 Å². The van der Waals surface area contributed by atoms with Crippen LogP contribution in [0.25, 0.3) is 0 Å². The molecule has 1 nitrogen and oxygen atoms in total. The Kier molecular flexibility index (Phi) is 3.65. The van der Waals surface area contributed by atoms with Gasteiger partial charge in [0, 0.05) is 8.07 Å². The van der Waals surface area contributed by atoms with Crippen molar-refractivity contribution in [1.29, 1.82) is 0 Å². The first-order chi connectivity index (χ1) is 4.49. The lowest BCUT2D eigenvalue weighted by atomic mass is 10.3. The normalized spacial score (nSPS) is 10.8. The lowest BCUT2D eigenvalue weighted by Gasteiger charge is -2.15. The lowest BCUT2D eigenvalue weighted by molar-refractivity contribution is 0.331. The van der Waals surface area contributed by atoms with Gasteiger partial charge in [0.2, 0.25) is 0 Å². The highest BCUT2D eigenvalue weighted by Crippen LogP contribution is 2.14. The van der Waals surface area contributed by atoms with Crippen molar-refractivity contribution in [3.05, 3.63) is 17.9 Å². The molecule has 0 aromatic carbocycles. The second kappa shape index (κ2) is 3.77. The molecule has 0 saturated carbocycles. The summed E-state index contributed by atoms with van der Waals surface area (Å²) in [6.07, 6.45) is 0. The molecule has 0 aliphatic rings. The fraction of sp³-hybridized carbons (Fsp3) is 0.625. The first-order valence-corrected chi connectivity index (χ1v) is 7.19. The van der Waals surface area contributed by atoms with Gasteiger partial charge in [0.1, 0.15) is 0 Å². The molecular formula is C8H16OSi. The summed E-state index contributed by atoms with van der Waals surface area (Å²) in [4.78, 5) is 0. The van der Waals surface area contributed by atoms with Gasteiger partial charge < -0.3 is 5.11 Å². The predicted molar refractivity (Wildman–Crippen MR) is 47.9 cm³/mol. The molecule has 0 aliphatic carbocycles. The van der Waals surface area contributed by atoms with E-state index in [1.165, 1.54) is 0 Å². The van der Waals surface area contributed by atoms with E-state index < -0.39 is 8.07 Å². The Morgan fingerprint density at radius 2 is 2.00 bits per heavy atom. The highest BCUT2D eigenvalue weighted by Gasteiger charge is 2.14. The Bertz CT molecular complexity index is 149. The molecule has 0 atom stereocenters. The minimum Gasteiger partial charge on any atom is -0.391 e. The third-order valence-electron chi connectivity index (χ3n) is 1.18. The highest BCUT2D eigenvalue weighted by molar-refractivity contribution is 6.76. The summed E-state index contributed by atoms with van der Waals surface area (Å²) in [6.45, 7) is 10.4. The molecule has 0 fully saturated rings. The molecule has 1 N–H and O–H groups in total. The van der Waals surface area contributed by atoms with E-state index in [0.29, 0.717) is 0 Å². The van der Waals surface area contributed by atoms with Crippen molar-refractivity contribution in [2.75, 3.05) is 6.61 Å². The molecule has 0 aromatic rings. The summed E-state index contributed by atoms with van der Waals surface area (Å²) < 4.78 is 0. The van der Waals surface area contributed by atoms with Gasteiger partial charge in [-0.3, -0.25) is 0 Å². The SMILES string of the molecule is C=C=C(CO)C[Si](C)(C)C. The Morgan fingerprint density at radius 1 is 1.50 bits per heavy atom. The number of aliphatic hydroxyl groups excluding tert-OH is 1. The second-order valence-electron chi connectivity index (χ2n) is 3.68. The van der Waals surface area contributed by atoms with E-state index in [9.17, 15) is 0 Å². The summed E-state index contributed by atoms with van der Waals surface area (Å²) >= 11 is 0. The summed E-state index contributed by atoms with van der Waals surface area (Å²) in [5.41, 5.74) is 3.72. The standard InChI is InChI=1S/C8H16OSi/c1-5-8(6-9)7-10(2,3)4/h9H,1,6-7H2,2-4H3. The van der Waals surface area contributed by atoms with E-state index in [0.717, 1.165) is 11.6 Å². The van der Waals surface area contributed by atoms with Crippen LogP contribution in [0.4, 0.5) is 0 Å². The Morgan fingerprint density at radius 3 is 2.10 bits per heavy atom. The molecule has 0 heterocycles. The first kappa shape index (κ1) is 9.70. The molecule has 0 unspecified atom stereocenters. The lowest BCUT2D eigenvalue weighted by Crippen LogP contribution is -2.20. The van der Waals surface area contributed by atoms with Crippen molar-refractivity contribution in [3.8, 4) is 0 Å². The summed E-state index contributed by atoms with van der Waals surface area (Å²) in [6, 6.07) is 1.01. The Hall–Kier alpha value is -0.303. The zero-order chi connectivity index (χ0) is 8.20. The van der Waals surface area contributed by atoms with Gasteiger partial charge in [-0.1, -0.05) is 26.2 Å². The van der Waals surface area contributed by atoms with Crippen LogP contribution in [0.2, 0.25) is 25.7 Å². The fourth-order valence-corrected chi connectivity index (χ4v) is 2.33. The van der Waals surface area contributed by atoms with Gasteiger partial charge in [-0.2, -0.15) is 0 Å². The molecule has 0 amide bonds. The third-order valence-corrected chi connectivity index (χ3v) is 2.67. The van der Waals surface area contributed by atoms with Crippen LogP contribution in [0.5, 0.6) is 0 Å². The Labute approximate surface area is 64.1 Å².